The van der Waals surface area contributed by atoms with Crippen molar-refractivity contribution in [2.45, 2.75) is 6.42 Å². The van der Waals surface area contributed by atoms with Crippen LogP contribution < -0.4 is 5.32 Å². The first kappa shape index (κ1) is 10.8. The van der Waals surface area contributed by atoms with E-state index >= 15 is 0 Å². The van der Waals surface area contributed by atoms with Crippen LogP contribution in [-0.2, 0) is 6.42 Å². The van der Waals surface area contributed by atoms with Crippen molar-refractivity contribution in [2.75, 3.05) is 13.6 Å². The highest BCUT2D eigenvalue weighted by atomic mass is 35.5. The first-order valence-electron chi connectivity index (χ1n) is 3.93. The summed E-state index contributed by atoms with van der Waals surface area (Å²) >= 11 is 11.4. The monoisotopic (exact) mass is 221 g/mol. The van der Waals surface area contributed by atoms with E-state index in [0.717, 1.165) is 12.1 Å². The van der Waals surface area contributed by atoms with Gasteiger partial charge in [0.05, 0.1) is 5.02 Å². The lowest BCUT2D eigenvalue weighted by molar-refractivity contribution is 0.625. The van der Waals surface area contributed by atoms with Crippen molar-refractivity contribution in [3.8, 4) is 0 Å². The van der Waals surface area contributed by atoms with Gasteiger partial charge in [0.1, 0.15) is 5.82 Å². The first-order valence-corrected chi connectivity index (χ1v) is 4.68. The van der Waals surface area contributed by atoms with Gasteiger partial charge in [0.2, 0.25) is 0 Å². The molecule has 72 valence electrons. The van der Waals surface area contributed by atoms with Crippen LogP contribution in [0.25, 0.3) is 0 Å². The Balaban J connectivity index is 2.88. The molecule has 0 aliphatic heterocycles. The Morgan fingerprint density at radius 3 is 2.62 bits per heavy atom. The minimum absolute atomic E-state index is 0.0678. The van der Waals surface area contributed by atoms with Gasteiger partial charge in [-0.1, -0.05) is 23.2 Å². The maximum atomic E-state index is 13.0. The van der Waals surface area contributed by atoms with Crippen LogP contribution >= 0.6 is 23.2 Å². The minimum atomic E-state index is -0.419. The second-order valence-electron chi connectivity index (χ2n) is 2.71. The van der Waals surface area contributed by atoms with Crippen LogP contribution in [0.2, 0.25) is 10.0 Å². The van der Waals surface area contributed by atoms with Crippen molar-refractivity contribution in [1.82, 2.24) is 5.32 Å². The van der Waals surface area contributed by atoms with Gasteiger partial charge in [0, 0.05) is 5.02 Å². The standard InChI is InChI=1S/C9H10Cl2FN/c1-13-3-2-6-4-9(12)8(11)5-7(6)10/h4-5,13H,2-3H2,1H3. The minimum Gasteiger partial charge on any atom is -0.319 e. The number of halogens is 3. The fraction of sp³-hybridized carbons (Fsp3) is 0.333. The molecule has 0 heterocycles. The lowest BCUT2D eigenvalue weighted by Crippen LogP contribution is -2.10. The molecule has 0 aliphatic carbocycles. The molecule has 0 bridgehead atoms. The maximum absolute atomic E-state index is 13.0. The summed E-state index contributed by atoms with van der Waals surface area (Å²) in [4.78, 5) is 0. The van der Waals surface area contributed by atoms with E-state index in [1.54, 1.807) is 0 Å². The van der Waals surface area contributed by atoms with Gasteiger partial charge in [-0.25, -0.2) is 4.39 Å². The summed E-state index contributed by atoms with van der Waals surface area (Å²) in [6.45, 7) is 0.765. The molecule has 0 unspecified atom stereocenters. The third-order valence-corrected chi connectivity index (χ3v) is 2.38. The molecule has 4 heteroatoms. The molecule has 0 aromatic heterocycles. The van der Waals surface area contributed by atoms with Gasteiger partial charge in [-0.3, -0.25) is 0 Å². The van der Waals surface area contributed by atoms with E-state index in [4.69, 9.17) is 23.2 Å². The molecular formula is C9H10Cl2FN. The Bertz CT molecular complexity index is 302. The summed E-state index contributed by atoms with van der Waals surface area (Å²) < 4.78 is 13.0. The predicted octanol–water partition coefficient (Wildman–Crippen LogP) is 2.89. The summed E-state index contributed by atoms with van der Waals surface area (Å²) in [5.74, 6) is -0.419. The van der Waals surface area contributed by atoms with Crippen LogP contribution in [0.5, 0.6) is 0 Å². The SMILES string of the molecule is CNCCc1cc(F)c(Cl)cc1Cl. The highest BCUT2D eigenvalue weighted by Gasteiger charge is 2.06. The number of nitrogens with one attached hydrogen (secondary N) is 1. The second-order valence-corrected chi connectivity index (χ2v) is 3.53. The fourth-order valence-corrected chi connectivity index (χ4v) is 1.49. The van der Waals surface area contributed by atoms with E-state index in [-0.39, 0.29) is 5.02 Å². The fourth-order valence-electron chi connectivity index (χ4n) is 1.02. The number of benzene rings is 1. The lowest BCUT2D eigenvalue weighted by atomic mass is 10.1. The van der Waals surface area contributed by atoms with Crippen molar-refractivity contribution >= 4 is 23.2 Å². The molecule has 0 spiro atoms. The lowest BCUT2D eigenvalue weighted by Gasteiger charge is -2.04. The Morgan fingerprint density at radius 2 is 2.00 bits per heavy atom. The third-order valence-electron chi connectivity index (χ3n) is 1.73. The van der Waals surface area contributed by atoms with Gasteiger partial charge in [-0.15, -0.1) is 0 Å². The van der Waals surface area contributed by atoms with Gasteiger partial charge >= 0.3 is 0 Å². The molecule has 1 N–H and O–H groups in total. The van der Waals surface area contributed by atoms with Gasteiger partial charge < -0.3 is 5.32 Å². The molecule has 13 heavy (non-hydrogen) atoms. The molecule has 0 fully saturated rings. The Labute approximate surface area is 86.8 Å². The quantitative estimate of drug-likeness (QED) is 0.775. The van der Waals surface area contributed by atoms with Crippen molar-refractivity contribution in [3.63, 3.8) is 0 Å². The molecule has 0 amide bonds. The molecular weight excluding hydrogens is 212 g/mol. The zero-order valence-electron chi connectivity index (χ0n) is 7.20. The average Bonchev–Trinajstić information content (AvgIpc) is 2.09. The molecule has 0 aliphatic rings. The number of rotatable bonds is 3. The molecule has 1 aromatic rings. The van der Waals surface area contributed by atoms with Crippen molar-refractivity contribution < 1.29 is 4.39 Å². The van der Waals surface area contributed by atoms with E-state index in [9.17, 15) is 4.39 Å². The zero-order valence-corrected chi connectivity index (χ0v) is 8.71. The van der Waals surface area contributed by atoms with E-state index in [1.807, 2.05) is 7.05 Å². The van der Waals surface area contributed by atoms with Crippen LogP contribution in [0.4, 0.5) is 4.39 Å². The van der Waals surface area contributed by atoms with Gasteiger partial charge in [-0.2, -0.15) is 0 Å². The number of hydrogen-bond acceptors (Lipinski definition) is 1. The smallest absolute Gasteiger partial charge is 0.142 e. The van der Waals surface area contributed by atoms with Crippen LogP contribution in [0.15, 0.2) is 12.1 Å². The molecule has 1 rings (SSSR count). The summed E-state index contributed by atoms with van der Waals surface area (Å²) in [7, 11) is 1.83. The maximum Gasteiger partial charge on any atom is 0.142 e. The van der Waals surface area contributed by atoms with E-state index in [1.165, 1.54) is 12.1 Å². The van der Waals surface area contributed by atoms with Gasteiger partial charge in [0.25, 0.3) is 0 Å². The van der Waals surface area contributed by atoms with Crippen LogP contribution in [0, 0.1) is 5.82 Å². The highest BCUT2D eigenvalue weighted by Crippen LogP contribution is 2.24. The molecule has 1 nitrogen and oxygen atoms in total. The Hall–Kier alpha value is -0.310. The molecule has 1 aromatic carbocycles. The van der Waals surface area contributed by atoms with Gasteiger partial charge in [-0.05, 0) is 37.7 Å². The third kappa shape index (κ3) is 2.83. The summed E-state index contributed by atoms with van der Waals surface area (Å²) in [6.07, 6.45) is 0.698. The number of hydrogen-bond donors (Lipinski definition) is 1. The largest absolute Gasteiger partial charge is 0.319 e. The molecule has 0 radical (unpaired) electrons. The van der Waals surface area contributed by atoms with Gasteiger partial charge in [0.15, 0.2) is 0 Å². The first-order chi connectivity index (χ1) is 6.15. The van der Waals surface area contributed by atoms with E-state index in [2.05, 4.69) is 5.32 Å². The normalized spacial score (nSPS) is 10.5. The summed E-state index contributed by atoms with van der Waals surface area (Å²) in [6, 6.07) is 2.81. The van der Waals surface area contributed by atoms with Crippen LogP contribution in [0.3, 0.4) is 0 Å². The predicted molar refractivity (Wildman–Crippen MR) is 54.1 cm³/mol. The van der Waals surface area contributed by atoms with Crippen LogP contribution in [0.1, 0.15) is 5.56 Å². The highest BCUT2D eigenvalue weighted by molar-refractivity contribution is 6.35. The van der Waals surface area contributed by atoms with Crippen LogP contribution in [-0.4, -0.2) is 13.6 Å². The van der Waals surface area contributed by atoms with Crippen molar-refractivity contribution in [2.24, 2.45) is 0 Å². The average molecular weight is 222 g/mol. The number of likely N-dealkylation sites (N-methyl/N-ethyl adjacent to an activating group) is 1. The second kappa shape index (κ2) is 4.80. The summed E-state index contributed by atoms with van der Waals surface area (Å²) in [5, 5.41) is 3.55. The summed E-state index contributed by atoms with van der Waals surface area (Å²) in [5.41, 5.74) is 0.776. The van der Waals surface area contributed by atoms with E-state index in [0.29, 0.717) is 11.4 Å². The molecule has 0 saturated carbocycles. The van der Waals surface area contributed by atoms with Crippen molar-refractivity contribution in [3.05, 3.63) is 33.6 Å². The zero-order chi connectivity index (χ0) is 9.84. The molecule has 0 atom stereocenters. The Kier molecular flexibility index (Phi) is 3.97. The topological polar surface area (TPSA) is 12.0 Å². The van der Waals surface area contributed by atoms with Crippen molar-refractivity contribution in [1.29, 1.82) is 0 Å². The molecule has 0 saturated heterocycles. The van der Waals surface area contributed by atoms with E-state index < -0.39 is 5.82 Å². The Morgan fingerprint density at radius 1 is 1.31 bits per heavy atom.